The van der Waals surface area contributed by atoms with Crippen LogP contribution in [0.15, 0.2) is 42.5 Å². The summed E-state index contributed by atoms with van der Waals surface area (Å²) in [6, 6.07) is 9.97. The highest BCUT2D eigenvalue weighted by Gasteiger charge is 2.37. The van der Waals surface area contributed by atoms with E-state index in [1.807, 2.05) is 30.3 Å². The topological polar surface area (TPSA) is 85.8 Å². The van der Waals surface area contributed by atoms with Crippen LogP contribution in [0.1, 0.15) is 107 Å². The quantitative estimate of drug-likeness (QED) is 0.394. The highest BCUT2D eigenvalue weighted by atomic mass is 19.3. The fourth-order valence-electron chi connectivity index (χ4n) is 5.73. The molecule has 0 bridgehead atoms. The van der Waals surface area contributed by atoms with Gasteiger partial charge in [0.05, 0.1) is 6.04 Å². The Hall–Kier alpha value is -2.61. The molecule has 6 nitrogen and oxygen atoms in total. The van der Waals surface area contributed by atoms with Gasteiger partial charge in [0.15, 0.2) is 0 Å². The molecule has 38 heavy (non-hydrogen) atoms. The lowest BCUT2D eigenvalue weighted by molar-refractivity contribution is -0.129. The van der Waals surface area contributed by atoms with Gasteiger partial charge in [-0.15, -0.1) is 10.2 Å². The van der Waals surface area contributed by atoms with Gasteiger partial charge in [0, 0.05) is 30.7 Å². The molecule has 0 spiro atoms. The summed E-state index contributed by atoms with van der Waals surface area (Å²) in [7, 11) is 0. The van der Waals surface area contributed by atoms with E-state index >= 15 is 0 Å². The maximum atomic E-state index is 13.1. The molecule has 1 aromatic heterocycles. The van der Waals surface area contributed by atoms with Crippen molar-refractivity contribution >= 4 is 5.91 Å². The summed E-state index contributed by atoms with van der Waals surface area (Å²) in [5.74, 6) is 0.272. The normalized spacial score (nSPS) is 22.5. The van der Waals surface area contributed by atoms with Crippen LogP contribution < -0.4 is 11.1 Å². The van der Waals surface area contributed by atoms with E-state index in [1.165, 1.54) is 18.4 Å². The number of allylic oxidation sites excluding steroid dienone is 1. The van der Waals surface area contributed by atoms with Crippen molar-refractivity contribution in [3.8, 4) is 0 Å². The Kier molecular flexibility index (Phi) is 10.6. The molecule has 1 amide bonds. The van der Waals surface area contributed by atoms with Gasteiger partial charge in [-0.3, -0.25) is 4.79 Å². The maximum absolute atomic E-state index is 13.1. The lowest BCUT2D eigenvalue weighted by Crippen LogP contribution is -2.38. The van der Waals surface area contributed by atoms with Gasteiger partial charge in [0.2, 0.25) is 11.8 Å². The summed E-state index contributed by atoms with van der Waals surface area (Å²) >= 11 is 0. The fourth-order valence-corrected chi connectivity index (χ4v) is 5.73. The number of aryl methyl sites for hydroxylation is 1. The Morgan fingerprint density at radius 2 is 1.84 bits per heavy atom. The van der Waals surface area contributed by atoms with E-state index in [9.17, 15) is 13.6 Å². The number of hydrogen-bond donors (Lipinski definition) is 2. The number of halogens is 2. The van der Waals surface area contributed by atoms with Crippen molar-refractivity contribution in [2.24, 2.45) is 17.6 Å². The Labute approximate surface area is 226 Å². The standard InChI is InChI=1S/C16H22F2N2O.C14H23N3/c17-16(18)9-6-13(7-10-16)15(21)20-14(8-11-19)12-4-2-1-3-5-12;1-9(2)14-16-15-12(5)17(14)13-7-10(3)6-11(4)8-13/h1-5,13-14H,6-11,19H2,(H,20,21);9,11,13H,3,6-8H2,1-2,4-5H3/t14-;/m0./s1. The van der Waals surface area contributed by atoms with Gasteiger partial charge < -0.3 is 15.6 Å². The molecular formula is C30H45F2N5O. The number of carbonyl (C=O) groups excluding carboxylic acids is 1. The Balaban J connectivity index is 0.000000215. The van der Waals surface area contributed by atoms with Crippen molar-refractivity contribution in [3.05, 3.63) is 59.7 Å². The first kappa shape index (κ1) is 29.9. The molecule has 2 unspecified atom stereocenters. The number of rotatable bonds is 7. The first-order valence-electron chi connectivity index (χ1n) is 14.0. The zero-order valence-corrected chi connectivity index (χ0v) is 23.4. The molecule has 8 heteroatoms. The highest BCUT2D eigenvalue weighted by Crippen LogP contribution is 2.37. The molecule has 210 valence electrons. The lowest BCUT2D eigenvalue weighted by atomic mass is 9.84. The van der Waals surface area contributed by atoms with E-state index in [1.54, 1.807) is 0 Å². The monoisotopic (exact) mass is 529 g/mol. The summed E-state index contributed by atoms with van der Waals surface area (Å²) in [6.45, 7) is 13.4. The highest BCUT2D eigenvalue weighted by molar-refractivity contribution is 5.79. The largest absolute Gasteiger partial charge is 0.349 e. The number of alkyl halides is 2. The molecular weight excluding hydrogens is 484 g/mol. The zero-order chi connectivity index (χ0) is 27.9. The van der Waals surface area contributed by atoms with Crippen molar-refractivity contribution in [1.29, 1.82) is 0 Å². The smallest absolute Gasteiger partial charge is 0.248 e. The van der Waals surface area contributed by atoms with Crippen molar-refractivity contribution in [1.82, 2.24) is 20.1 Å². The first-order valence-corrected chi connectivity index (χ1v) is 14.0. The van der Waals surface area contributed by atoms with E-state index in [-0.39, 0.29) is 43.6 Å². The average molecular weight is 530 g/mol. The van der Waals surface area contributed by atoms with Gasteiger partial charge in [-0.1, -0.05) is 63.3 Å². The number of nitrogens with one attached hydrogen (secondary N) is 1. The summed E-state index contributed by atoms with van der Waals surface area (Å²) in [4.78, 5) is 12.3. The minimum Gasteiger partial charge on any atom is -0.349 e. The predicted molar refractivity (Wildman–Crippen MR) is 148 cm³/mol. The molecule has 2 aliphatic rings. The molecule has 3 atom stereocenters. The number of hydrogen-bond acceptors (Lipinski definition) is 4. The van der Waals surface area contributed by atoms with Crippen LogP contribution in [0, 0.1) is 18.8 Å². The lowest BCUT2D eigenvalue weighted by Gasteiger charge is -2.31. The molecule has 2 fully saturated rings. The van der Waals surface area contributed by atoms with Crippen LogP contribution >= 0.6 is 0 Å². The summed E-state index contributed by atoms with van der Waals surface area (Å²) in [6.07, 6.45) is 4.23. The molecule has 2 aromatic rings. The van der Waals surface area contributed by atoms with Crippen molar-refractivity contribution < 1.29 is 13.6 Å². The molecule has 4 rings (SSSR count). The zero-order valence-electron chi connectivity index (χ0n) is 23.4. The SMILES string of the molecule is C=C1CC(C)CC(n2c(C)nnc2C(C)C)C1.NCC[C@H](NC(=O)C1CCC(F)(F)CC1)c1ccccc1. The van der Waals surface area contributed by atoms with E-state index in [0.717, 1.165) is 29.6 Å². The Morgan fingerprint density at radius 1 is 1.18 bits per heavy atom. The van der Waals surface area contributed by atoms with Crippen LogP contribution in [-0.4, -0.2) is 33.1 Å². The summed E-state index contributed by atoms with van der Waals surface area (Å²) in [5.41, 5.74) is 7.98. The van der Waals surface area contributed by atoms with Crippen LogP contribution in [0.5, 0.6) is 0 Å². The second kappa shape index (κ2) is 13.5. The summed E-state index contributed by atoms with van der Waals surface area (Å²) < 4.78 is 28.6. The molecule has 2 saturated carbocycles. The van der Waals surface area contributed by atoms with E-state index in [2.05, 4.69) is 54.4 Å². The molecule has 1 aromatic carbocycles. The van der Waals surface area contributed by atoms with Crippen molar-refractivity contribution in [2.75, 3.05) is 6.54 Å². The molecule has 2 aliphatic carbocycles. The predicted octanol–water partition coefficient (Wildman–Crippen LogP) is 6.65. The molecule has 0 radical (unpaired) electrons. The van der Waals surface area contributed by atoms with Crippen LogP contribution in [0.2, 0.25) is 0 Å². The van der Waals surface area contributed by atoms with Gasteiger partial charge in [0.25, 0.3) is 0 Å². The van der Waals surface area contributed by atoms with Gasteiger partial charge in [-0.05, 0) is 63.5 Å². The van der Waals surface area contributed by atoms with E-state index in [4.69, 9.17) is 5.73 Å². The van der Waals surface area contributed by atoms with Crippen LogP contribution in [-0.2, 0) is 4.79 Å². The number of benzene rings is 1. The molecule has 0 saturated heterocycles. The second-order valence-electron chi connectivity index (χ2n) is 11.5. The van der Waals surface area contributed by atoms with Crippen LogP contribution in [0.4, 0.5) is 8.78 Å². The van der Waals surface area contributed by atoms with E-state index in [0.29, 0.717) is 24.9 Å². The third kappa shape index (κ3) is 8.19. The minimum atomic E-state index is -2.60. The molecule has 1 heterocycles. The van der Waals surface area contributed by atoms with Crippen molar-refractivity contribution in [3.63, 3.8) is 0 Å². The van der Waals surface area contributed by atoms with Crippen LogP contribution in [0.3, 0.4) is 0 Å². The fraction of sp³-hybridized carbons (Fsp3) is 0.633. The van der Waals surface area contributed by atoms with Gasteiger partial charge >= 0.3 is 0 Å². The van der Waals surface area contributed by atoms with Gasteiger partial charge in [0.1, 0.15) is 11.6 Å². The first-order chi connectivity index (χ1) is 18.0. The van der Waals surface area contributed by atoms with E-state index < -0.39 is 5.92 Å². The van der Waals surface area contributed by atoms with Crippen molar-refractivity contribution in [2.45, 2.75) is 103 Å². The van der Waals surface area contributed by atoms with Crippen LogP contribution in [0.25, 0.3) is 0 Å². The summed E-state index contributed by atoms with van der Waals surface area (Å²) in [5, 5.41) is 11.5. The number of aromatic nitrogens is 3. The van der Waals surface area contributed by atoms with Gasteiger partial charge in [-0.25, -0.2) is 8.78 Å². The number of nitrogens with zero attached hydrogens (tertiary/aromatic N) is 3. The van der Waals surface area contributed by atoms with Gasteiger partial charge in [-0.2, -0.15) is 0 Å². The number of carbonyl (C=O) groups is 1. The average Bonchev–Trinajstić information content (AvgIpc) is 3.26. The Morgan fingerprint density at radius 3 is 2.42 bits per heavy atom. The minimum absolute atomic E-state index is 0.132. The third-order valence-corrected chi connectivity index (χ3v) is 7.67. The maximum Gasteiger partial charge on any atom is 0.248 e. The molecule has 3 N–H and O–H groups in total. The third-order valence-electron chi connectivity index (χ3n) is 7.67. The Bertz CT molecular complexity index is 1040. The second-order valence-corrected chi connectivity index (χ2v) is 11.5. The molecule has 0 aliphatic heterocycles. The number of amides is 1. The number of nitrogens with two attached hydrogens (primary N) is 1.